The molecule has 6 nitrogen and oxygen atoms in total. The lowest BCUT2D eigenvalue weighted by molar-refractivity contribution is 1.25. The lowest BCUT2D eigenvalue weighted by Crippen LogP contribution is -2.12. The maximum Gasteiger partial charge on any atom is 0.0973 e. The Bertz CT molecular complexity index is 3710. The highest BCUT2D eigenvalue weighted by atomic mass is 15.2. The van der Waals surface area contributed by atoms with Crippen molar-refractivity contribution >= 4 is 73.6 Å². The Balaban J connectivity index is 0.924. The molecule has 352 valence electrons. The van der Waals surface area contributed by atoms with Gasteiger partial charge in [-0.1, -0.05) is 158 Å². The van der Waals surface area contributed by atoms with Crippen molar-refractivity contribution in [3.8, 4) is 33.6 Å². The molecule has 0 aliphatic carbocycles. The maximum absolute atomic E-state index is 5.55. The number of hydrogen-bond donors (Lipinski definition) is 1. The molecule has 1 heterocycles. The summed E-state index contributed by atoms with van der Waals surface area (Å²) in [4.78, 5) is 17.9. The van der Waals surface area contributed by atoms with Gasteiger partial charge >= 0.3 is 0 Å². The van der Waals surface area contributed by atoms with Crippen LogP contribution in [0.15, 0.2) is 297 Å². The Morgan fingerprint density at radius 3 is 0.946 bits per heavy atom. The van der Waals surface area contributed by atoms with Gasteiger partial charge in [-0.25, -0.2) is 9.97 Å². The number of nitrogens with one attached hydrogen (secondary N) is 1. The largest absolute Gasteiger partial charge is 0.356 e. The van der Waals surface area contributed by atoms with E-state index >= 15 is 0 Å². The first-order valence-corrected chi connectivity index (χ1v) is 24.9. The van der Waals surface area contributed by atoms with E-state index in [1.807, 2.05) is 24.3 Å². The maximum atomic E-state index is 5.55. The zero-order valence-electron chi connectivity index (χ0n) is 40.5. The van der Waals surface area contributed by atoms with Crippen molar-refractivity contribution in [2.45, 2.75) is 0 Å². The molecule has 12 rings (SSSR count). The first-order valence-electron chi connectivity index (χ1n) is 24.9. The Morgan fingerprint density at radius 1 is 0.230 bits per heavy atom. The smallest absolute Gasteiger partial charge is 0.0973 e. The van der Waals surface area contributed by atoms with Gasteiger partial charge < -0.3 is 20.0 Å². The Morgan fingerprint density at radius 2 is 0.541 bits per heavy atom. The van der Waals surface area contributed by atoms with Crippen molar-refractivity contribution < 1.29 is 0 Å². The van der Waals surface area contributed by atoms with Gasteiger partial charge in [0.1, 0.15) is 0 Å². The second-order valence-corrected chi connectivity index (χ2v) is 18.0. The third-order valence-corrected chi connectivity index (χ3v) is 13.2. The highest BCUT2D eigenvalue weighted by Crippen LogP contribution is 2.42. The van der Waals surface area contributed by atoms with Crippen molar-refractivity contribution in [3.63, 3.8) is 0 Å². The van der Waals surface area contributed by atoms with Gasteiger partial charge in [0, 0.05) is 79.3 Å². The second kappa shape index (κ2) is 20.7. The van der Waals surface area contributed by atoms with E-state index in [4.69, 9.17) is 9.97 Å². The van der Waals surface area contributed by atoms with Crippen LogP contribution in [0.4, 0.5) is 62.6 Å². The zero-order valence-corrected chi connectivity index (χ0v) is 40.5. The Labute approximate surface area is 432 Å². The molecule has 0 spiro atoms. The topological polar surface area (TPSA) is 47.5 Å². The fourth-order valence-corrected chi connectivity index (χ4v) is 9.65. The lowest BCUT2D eigenvalue weighted by Gasteiger charge is -2.28. The molecule has 0 amide bonds. The van der Waals surface area contributed by atoms with E-state index in [1.165, 1.54) is 0 Å². The third kappa shape index (κ3) is 9.47. The molecule has 11 aromatic carbocycles. The van der Waals surface area contributed by atoms with E-state index in [1.54, 1.807) is 0 Å². The molecular weight excluding hydrogens is 901 g/mol. The molecule has 0 fully saturated rings. The van der Waals surface area contributed by atoms with Crippen LogP contribution in [0.2, 0.25) is 0 Å². The van der Waals surface area contributed by atoms with Crippen molar-refractivity contribution in [3.05, 3.63) is 297 Å². The minimum atomic E-state index is 0.805. The summed E-state index contributed by atoms with van der Waals surface area (Å²) >= 11 is 0. The van der Waals surface area contributed by atoms with E-state index in [9.17, 15) is 0 Å². The van der Waals surface area contributed by atoms with Gasteiger partial charge in [0.05, 0.1) is 22.4 Å². The number of nitrogens with zero attached hydrogens (tertiary/aromatic N) is 5. The predicted octanol–water partition coefficient (Wildman–Crippen LogP) is 18.8. The van der Waals surface area contributed by atoms with Crippen LogP contribution in [0.1, 0.15) is 0 Å². The molecule has 0 aliphatic rings. The molecule has 1 aromatic heterocycles. The summed E-state index contributed by atoms with van der Waals surface area (Å²) in [6.45, 7) is 0. The normalized spacial score (nSPS) is 11.0. The number of anilines is 11. The zero-order chi connectivity index (χ0) is 49.5. The number of benzene rings is 11. The SMILES string of the molecule is c1ccc(Nc2ccc(N(c3ccccc3)c3ccc(-c4nc5c(-c6ccccc6)cccc5nc4-c4ccc(N(c5ccccc5)c5ccc(N(c6ccccc6)c6ccccc6)cc5)cc4)cc3)cc2)cc1. The highest BCUT2D eigenvalue weighted by molar-refractivity contribution is 5.96. The molecule has 0 unspecified atom stereocenters. The average molecular weight is 951 g/mol. The minimum Gasteiger partial charge on any atom is -0.356 e. The van der Waals surface area contributed by atoms with Gasteiger partial charge in [0.25, 0.3) is 0 Å². The summed E-state index contributed by atoms with van der Waals surface area (Å²) in [5.41, 5.74) is 18.9. The summed E-state index contributed by atoms with van der Waals surface area (Å²) in [6, 6.07) is 104. The fraction of sp³-hybridized carbons (Fsp3) is 0. The number of para-hydroxylation sites is 6. The van der Waals surface area contributed by atoms with Crippen LogP contribution in [0.3, 0.4) is 0 Å². The molecule has 0 aliphatic heterocycles. The van der Waals surface area contributed by atoms with E-state index < -0.39 is 0 Å². The van der Waals surface area contributed by atoms with Gasteiger partial charge in [-0.05, 0) is 145 Å². The third-order valence-electron chi connectivity index (χ3n) is 13.2. The van der Waals surface area contributed by atoms with Gasteiger partial charge in [-0.15, -0.1) is 0 Å². The molecule has 6 heteroatoms. The molecule has 0 saturated carbocycles. The molecule has 74 heavy (non-hydrogen) atoms. The number of aromatic nitrogens is 2. The van der Waals surface area contributed by atoms with E-state index in [0.29, 0.717) is 0 Å². The molecular formula is C68H50N6. The first kappa shape index (κ1) is 45.1. The molecule has 1 N–H and O–H groups in total. The van der Waals surface area contributed by atoms with Crippen LogP contribution in [-0.4, -0.2) is 9.97 Å². The second-order valence-electron chi connectivity index (χ2n) is 18.0. The molecule has 0 atom stereocenters. The van der Waals surface area contributed by atoms with E-state index in [-0.39, 0.29) is 0 Å². The molecule has 0 saturated heterocycles. The predicted molar refractivity (Wildman–Crippen MR) is 310 cm³/mol. The van der Waals surface area contributed by atoms with Gasteiger partial charge in [-0.3, -0.25) is 0 Å². The summed E-state index contributed by atoms with van der Waals surface area (Å²) in [7, 11) is 0. The summed E-state index contributed by atoms with van der Waals surface area (Å²) in [5, 5.41) is 3.52. The average Bonchev–Trinajstić information content (AvgIpc) is 3.48. The van der Waals surface area contributed by atoms with Crippen molar-refractivity contribution in [1.82, 2.24) is 9.97 Å². The number of fused-ring (bicyclic) bond motifs is 1. The first-order chi connectivity index (χ1) is 36.7. The highest BCUT2D eigenvalue weighted by Gasteiger charge is 2.20. The Kier molecular flexibility index (Phi) is 12.6. The number of hydrogen-bond acceptors (Lipinski definition) is 6. The van der Waals surface area contributed by atoms with E-state index in [0.717, 1.165) is 107 Å². The van der Waals surface area contributed by atoms with Crippen LogP contribution < -0.4 is 20.0 Å². The van der Waals surface area contributed by atoms with Crippen molar-refractivity contribution in [2.75, 3.05) is 20.0 Å². The quantitative estimate of drug-likeness (QED) is 0.117. The van der Waals surface area contributed by atoms with Crippen molar-refractivity contribution in [2.24, 2.45) is 0 Å². The van der Waals surface area contributed by atoms with Crippen LogP contribution in [0, 0.1) is 0 Å². The fourth-order valence-electron chi connectivity index (χ4n) is 9.65. The van der Waals surface area contributed by atoms with Crippen LogP contribution >= 0.6 is 0 Å². The van der Waals surface area contributed by atoms with Crippen LogP contribution in [0.5, 0.6) is 0 Å². The van der Waals surface area contributed by atoms with Gasteiger partial charge in [0.15, 0.2) is 0 Å². The summed E-state index contributed by atoms with van der Waals surface area (Å²) in [5.74, 6) is 0. The summed E-state index contributed by atoms with van der Waals surface area (Å²) in [6.07, 6.45) is 0. The molecule has 0 bridgehead atoms. The van der Waals surface area contributed by atoms with Crippen LogP contribution in [0.25, 0.3) is 44.7 Å². The number of rotatable bonds is 14. The van der Waals surface area contributed by atoms with Gasteiger partial charge in [0.2, 0.25) is 0 Å². The van der Waals surface area contributed by atoms with Gasteiger partial charge in [-0.2, -0.15) is 0 Å². The minimum absolute atomic E-state index is 0.805. The standard InChI is InChI=1S/C68H50N6/c1-7-20-50(21-8-1)64-32-19-33-65-68(64)71-67(52-36-42-59(43-37-52)73(57-28-15-5-16-29-57)61-44-38-54(39-45-61)69-53-22-9-2-10-23-53)66(70-65)51-34-40-60(41-35-51)74(58-30-17-6-18-31-58)63-48-46-62(47-49-63)72(55-24-11-3-12-25-55)56-26-13-4-14-27-56/h1-49,69H. The molecule has 0 radical (unpaired) electrons. The summed E-state index contributed by atoms with van der Waals surface area (Å²) < 4.78 is 0. The van der Waals surface area contributed by atoms with Crippen molar-refractivity contribution in [1.29, 1.82) is 0 Å². The monoisotopic (exact) mass is 950 g/mol. The van der Waals surface area contributed by atoms with Crippen LogP contribution in [-0.2, 0) is 0 Å². The Hall–Kier alpha value is -10.0. The van der Waals surface area contributed by atoms with E-state index in [2.05, 4.69) is 293 Å². The molecule has 12 aromatic rings. The lowest BCUT2D eigenvalue weighted by atomic mass is 10.00.